The van der Waals surface area contributed by atoms with E-state index < -0.39 is 16.7 Å². The highest BCUT2D eigenvalue weighted by Crippen LogP contribution is 2.08. The fraction of sp³-hybridized carbons (Fsp3) is 0.250. The second kappa shape index (κ2) is 1.75. The molecule has 0 N–H and O–H groups in total. The van der Waals surface area contributed by atoms with E-state index in [1.54, 1.807) is 0 Å². The van der Waals surface area contributed by atoms with Gasteiger partial charge < -0.3 is 0 Å². The Balaban J connectivity index is 3.29. The van der Waals surface area contributed by atoms with Crippen LogP contribution in [-0.2, 0) is 0 Å². The van der Waals surface area contributed by atoms with Gasteiger partial charge in [0.15, 0.2) is 0 Å². The molecule has 1 aromatic rings. The molecule has 0 radical (unpaired) electrons. The summed E-state index contributed by atoms with van der Waals surface area (Å²) in [7, 11) is 0. The zero-order chi connectivity index (χ0) is 7.02. The first-order valence-corrected chi connectivity index (χ1v) is 2.19. The minimum atomic E-state index is -1.58. The first kappa shape index (κ1) is 6.12. The smallest absolute Gasteiger partial charge is 0.200 e. The predicted octanol–water partition coefficient (Wildman–Crippen LogP) is 1.20. The van der Waals surface area contributed by atoms with Crippen molar-refractivity contribution in [2.75, 3.05) is 0 Å². The Morgan fingerprint density at radius 2 is 2.00 bits per heavy atom. The number of rotatable bonds is 0. The van der Waals surface area contributed by atoms with Gasteiger partial charge in [-0.15, -0.1) is 5.10 Å². The van der Waals surface area contributed by atoms with Crippen LogP contribution in [0.25, 0.3) is 0 Å². The van der Waals surface area contributed by atoms with Crippen molar-refractivity contribution in [2.24, 2.45) is 0 Å². The lowest BCUT2D eigenvalue weighted by molar-refractivity contribution is 0.246. The fourth-order valence-electron chi connectivity index (χ4n) is 0.450. The Morgan fingerprint density at radius 1 is 1.44 bits per heavy atom. The zero-order valence-electron chi connectivity index (χ0n) is 4.53. The van der Waals surface area contributed by atoms with Crippen LogP contribution in [0.15, 0.2) is 0 Å². The summed E-state index contributed by atoms with van der Waals surface area (Å²) in [6.07, 6.45) is 0. The molecule has 0 aliphatic carbocycles. The van der Waals surface area contributed by atoms with E-state index in [9.17, 15) is 13.3 Å². The summed E-state index contributed by atoms with van der Waals surface area (Å²) >= 11 is 0. The monoisotopic (exact) mass is 136 g/mol. The molecule has 1 rings (SSSR count). The first-order chi connectivity index (χ1) is 4.13. The molecule has 0 aliphatic heterocycles. The van der Waals surface area contributed by atoms with Crippen LogP contribution in [0.2, 0.25) is 0 Å². The fourth-order valence-corrected chi connectivity index (χ4v) is 0.450. The molecule has 0 saturated carbocycles. The molecular weight excluding hydrogens is 133 g/mol. The molecule has 9 heavy (non-hydrogen) atoms. The first-order valence-electron chi connectivity index (χ1n) is 2.19. The van der Waals surface area contributed by atoms with Crippen LogP contribution < -0.4 is 0 Å². The lowest BCUT2D eigenvalue weighted by atomic mass is 10.5. The van der Waals surface area contributed by atoms with E-state index in [2.05, 4.69) is 5.10 Å². The average molecular weight is 136 g/mol. The van der Waals surface area contributed by atoms with Crippen molar-refractivity contribution < 1.29 is 13.3 Å². The van der Waals surface area contributed by atoms with Gasteiger partial charge in [-0.3, -0.25) is 0 Å². The van der Waals surface area contributed by atoms with E-state index in [1.807, 2.05) is 0 Å². The van der Waals surface area contributed by atoms with Gasteiger partial charge in [-0.1, -0.05) is 9.39 Å². The Morgan fingerprint density at radius 3 is 2.11 bits per heavy atom. The van der Waals surface area contributed by atoms with Crippen LogP contribution in [0.4, 0.5) is 13.3 Å². The molecule has 0 aliphatic rings. The second-order valence-electron chi connectivity index (χ2n) is 1.55. The minimum Gasteiger partial charge on any atom is -0.200 e. The maximum atomic E-state index is 12.1. The van der Waals surface area contributed by atoms with Crippen LogP contribution in [0.5, 0.6) is 0 Å². The maximum absolute atomic E-state index is 12.1. The molecule has 1 aromatic heterocycles. The number of aryl methyl sites for hydroxylation is 1. The van der Waals surface area contributed by atoms with Crippen LogP contribution in [-0.4, -0.2) is 10.0 Å². The molecule has 0 bridgehead atoms. The third kappa shape index (κ3) is 0.778. The molecule has 0 spiro atoms. The van der Waals surface area contributed by atoms with Crippen LogP contribution >= 0.6 is 0 Å². The van der Waals surface area contributed by atoms with Gasteiger partial charge >= 0.3 is 0 Å². The van der Waals surface area contributed by atoms with Gasteiger partial charge in [0.05, 0.1) is 0 Å². The number of nitrogens with zero attached hydrogens (tertiary/aromatic N) is 2. The Kier molecular flexibility index (Phi) is 1.19. The van der Waals surface area contributed by atoms with Crippen LogP contribution in [0.3, 0.4) is 0 Å². The van der Waals surface area contributed by atoms with Gasteiger partial charge in [0.2, 0.25) is 5.82 Å². The number of aromatic nitrogens is 2. The van der Waals surface area contributed by atoms with Crippen molar-refractivity contribution in [3.05, 3.63) is 17.5 Å². The summed E-state index contributed by atoms with van der Waals surface area (Å²) in [5.74, 6) is -2.81. The molecule has 0 atom stereocenters. The number of halogens is 3. The van der Waals surface area contributed by atoms with Crippen LogP contribution in [0, 0.1) is 18.7 Å². The largest absolute Gasteiger partial charge is 0.280 e. The highest BCUT2D eigenvalue weighted by atomic mass is 19.2. The van der Waals surface area contributed by atoms with Crippen molar-refractivity contribution in [1.82, 2.24) is 10.0 Å². The molecule has 0 saturated heterocycles. The van der Waals surface area contributed by atoms with E-state index >= 15 is 0 Å². The number of hydrogen-bond donors (Lipinski definition) is 0. The third-order valence-electron chi connectivity index (χ3n) is 0.899. The second-order valence-corrected chi connectivity index (χ2v) is 1.55. The SMILES string of the molecule is Cc1nn(F)c(F)c1F. The van der Waals surface area contributed by atoms with Gasteiger partial charge in [0.25, 0.3) is 5.95 Å². The normalized spacial score (nSPS) is 10.2. The Hall–Kier alpha value is -1.00. The van der Waals surface area contributed by atoms with Gasteiger partial charge in [-0.25, -0.2) is 0 Å². The van der Waals surface area contributed by atoms with E-state index in [0.29, 0.717) is 0 Å². The van der Waals surface area contributed by atoms with E-state index in [0.717, 1.165) is 0 Å². The lowest BCUT2D eigenvalue weighted by Crippen LogP contribution is -1.87. The van der Waals surface area contributed by atoms with Gasteiger partial charge in [0.1, 0.15) is 5.69 Å². The van der Waals surface area contributed by atoms with Gasteiger partial charge in [-0.2, -0.15) is 8.78 Å². The maximum Gasteiger partial charge on any atom is 0.280 e. The minimum absolute atomic E-state index is 0.282. The Bertz CT molecular complexity index is 207. The summed E-state index contributed by atoms with van der Waals surface area (Å²) in [6, 6.07) is 0. The van der Waals surface area contributed by atoms with Gasteiger partial charge in [-0.05, 0) is 6.92 Å². The number of hydrogen-bond acceptors (Lipinski definition) is 1. The van der Waals surface area contributed by atoms with E-state index in [-0.39, 0.29) is 5.69 Å². The summed E-state index contributed by atoms with van der Waals surface area (Å²) < 4.78 is 35.7. The van der Waals surface area contributed by atoms with Crippen molar-refractivity contribution in [3.8, 4) is 0 Å². The topological polar surface area (TPSA) is 17.8 Å². The molecular formula is C4H3F3N2. The molecule has 0 unspecified atom stereocenters. The summed E-state index contributed by atoms with van der Waals surface area (Å²) in [4.78, 5) is -0.634. The highest BCUT2D eigenvalue weighted by Gasteiger charge is 2.13. The Labute approximate surface area is 48.8 Å². The summed E-state index contributed by atoms with van der Waals surface area (Å²) in [6.45, 7) is 1.18. The predicted molar refractivity (Wildman–Crippen MR) is 23.4 cm³/mol. The van der Waals surface area contributed by atoms with Crippen molar-refractivity contribution in [3.63, 3.8) is 0 Å². The molecule has 0 fully saturated rings. The van der Waals surface area contributed by atoms with E-state index in [1.165, 1.54) is 6.92 Å². The quantitative estimate of drug-likeness (QED) is 0.524. The van der Waals surface area contributed by atoms with Crippen molar-refractivity contribution >= 4 is 0 Å². The molecule has 50 valence electrons. The molecule has 5 heteroatoms. The standard InChI is InChI=1S/C4H3F3N2/c1-2-3(5)4(6)9(7)8-2/h1H3. The molecule has 0 aromatic carbocycles. The third-order valence-corrected chi connectivity index (χ3v) is 0.899. The highest BCUT2D eigenvalue weighted by molar-refractivity contribution is 5.00. The molecule has 0 amide bonds. The average Bonchev–Trinajstić information content (AvgIpc) is 1.98. The lowest BCUT2D eigenvalue weighted by Gasteiger charge is -1.78. The van der Waals surface area contributed by atoms with Crippen molar-refractivity contribution in [1.29, 1.82) is 0 Å². The van der Waals surface area contributed by atoms with Crippen molar-refractivity contribution in [2.45, 2.75) is 6.92 Å². The van der Waals surface area contributed by atoms with E-state index in [4.69, 9.17) is 0 Å². The molecule has 2 nitrogen and oxygen atoms in total. The van der Waals surface area contributed by atoms with Gasteiger partial charge in [0, 0.05) is 0 Å². The molecule has 1 heterocycles. The zero-order valence-corrected chi connectivity index (χ0v) is 4.53. The summed E-state index contributed by atoms with van der Waals surface area (Å²) in [5, 5.41) is 2.81. The van der Waals surface area contributed by atoms with Crippen LogP contribution in [0.1, 0.15) is 5.69 Å². The summed E-state index contributed by atoms with van der Waals surface area (Å²) in [5.41, 5.74) is -0.282.